The summed E-state index contributed by atoms with van der Waals surface area (Å²) in [5, 5.41) is 113. The average Bonchev–Trinajstić information content (AvgIpc) is 3.49. The van der Waals surface area contributed by atoms with Crippen molar-refractivity contribution in [2.45, 2.75) is 87.2 Å². The summed E-state index contributed by atoms with van der Waals surface area (Å²) in [6.45, 7) is 0.210. The van der Waals surface area contributed by atoms with Gasteiger partial charge in [0.25, 0.3) is 0 Å². The number of carbonyl (C=O) groups excluding carboxylic acids is 2. The van der Waals surface area contributed by atoms with Gasteiger partial charge in [0.15, 0.2) is 35.6 Å². The normalized spacial score (nSPS) is 37.3. The molecule has 11 N–H and O–H groups in total. The van der Waals surface area contributed by atoms with E-state index in [0.717, 1.165) is 12.3 Å². The van der Waals surface area contributed by atoms with Crippen molar-refractivity contribution in [1.82, 2.24) is 0 Å². The number of esters is 2. The Morgan fingerprint density at radius 2 is 1.33 bits per heavy atom. The molecule has 20 nitrogen and oxygen atoms in total. The van der Waals surface area contributed by atoms with Crippen molar-refractivity contribution in [1.29, 1.82) is 0 Å². The number of aliphatic hydroxyl groups excluding tert-OH is 7. The first-order chi connectivity index (χ1) is 26.1. The Kier molecular flexibility index (Phi) is 12.0. The fourth-order valence-electron chi connectivity index (χ4n) is 7.16. The molecule has 0 spiro atoms. The zero-order valence-corrected chi connectivity index (χ0v) is 28.9. The van der Waals surface area contributed by atoms with Gasteiger partial charge in [-0.05, 0) is 36.6 Å². The number of aromatic hydroxyl groups is 4. The first kappa shape index (κ1) is 40.3. The van der Waals surface area contributed by atoms with Gasteiger partial charge in [0.2, 0.25) is 12.0 Å². The molecule has 3 heterocycles. The molecule has 0 amide bonds. The number of rotatable bonds is 10. The third-order valence-electron chi connectivity index (χ3n) is 10.3. The van der Waals surface area contributed by atoms with Crippen molar-refractivity contribution < 1.29 is 98.9 Å². The number of hydrogen-bond donors (Lipinski definition) is 11. The molecule has 302 valence electrons. The molecule has 2 aromatic carbocycles. The van der Waals surface area contributed by atoms with Crippen LogP contribution in [0.4, 0.5) is 0 Å². The second kappa shape index (κ2) is 16.4. The maximum Gasteiger partial charge on any atom is 0.342 e. The van der Waals surface area contributed by atoms with Crippen LogP contribution in [0, 0.1) is 17.8 Å². The summed E-state index contributed by atoms with van der Waals surface area (Å²) in [7, 11) is 0. The summed E-state index contributed by atoms with van der Waals surface area (Å²) in [5.74, 6) is -7.53. The Morgan fingerprint density at radius 1 is 0.727 bits per heavy atom. The average molecular weight is 783 g/mol. The topological polar surface area (TPSA) is 321 Å². The number of phenolic OH excluding ortho intramolecular Hbond substituents is 4. The predicted octanol–water partition coefficient (Wildman–Crippen LogP) is -2.21. The zero-order valence-electron chi connectivity index (χ0n) is 28.9. The first-order valence-electron chi connectivity index (χ1n) is 17.2. The quantitative estimate of drug-likeness (QED) is 0.0692. The highest BCUT2D eigenvalue weighted by atomic mass is 16.8. The minimum atomic E-state index is -1.87. The lowest BCUT2D eigenvalue weighted by Crippen LogP contribution is -2.60. The number of ether oxygens (including phenoxy) is 7. The summed E-state index contributed by atoms with van der Waals surface area (Å²) >= 11 is 0. The monoisotopic (exact) mass is 782 g/mol. The molecule has 1 aliphatic carbocycles. The number of aliphatic hydroxyl groups is 7. The van der Waals surface area contributed by atoms with E-state index >= 15 is 0 Å². The molecule has 2 saturated heterocycles. The van der Waals surface area contributed by atoms with E-state index in [-0.39, 0.29) is 17.7 Å². The van der Waals surface area contributed by atoms with Gasteiger partial charge < -0.3 is 89.3 Å². The number of para-hydroxylation sites is 2. The largest absolute Gasteiger partial charge is 0.504 e. The molecule has 0 radical (unpaired) electrons. The molecule has 1 saturated carbocycles. The molecule has 4 aliphatic rings. The van der Waals surface area contributed by atoms with Crippen LogP contribution < -0.4 is 4.74 Å². The summed E-state index contributed by atoms with van der Waals surface area (Å²) in [6.07, 6.45) is -18.2. The van der Waals surface area contributed by atoms with E-state index in [1.54, 1.807) is 6.92 Å². The Bertz CT molecular complexity index is 1730. The molecule has 20 heteroatoms. The van der Waals surface area contributed by atoms with Crippen LogP contribution in [0.3, 0.4) is 0 Å². The van der Waals surface area contributed by atoms with E-state index in [4.69, 9.17) is 33.2 Å². The summed E-state index contributed by atoms with van der Waals surface area (Å²) < 4.78 is 39.7. The van der Waals surface area contributed by atoms with Gasteiger partial charge >= 0.3 is 11.9 Å². The molecule has 0 unspecified atom stereocenters. The lowest BCUT2D eigenvalue weighted by atomic mass is 9.83. The van der Waals surface area contributed by atoms with E-state index in [1.807, 2.05) is 0 Å². The highest BCUT2D eigenvalue weighted by molar-refractivity contribution is 5.93. The molecule has 3 aliphatic heterocycles. The second-order valence-electron chi connectivity index (χ2n) is 13.7. The van der Waals surface area contributed by atoms with Crippen LogP contribution in [0.2, 0.25) is 0 Å². The molecule has 0 bridgehead atoms. The lowest BCUT2D eigenvalue weighted by molar-refractivity contribution is -0.343. The Balaban J connectivity index is 1.22. The standard InChI is InChI=1S/C35H42O20/c1-12-19(52-34-29(45)28(44)26(42)21(54-34)11-49-31(47)13-4-2-5-16(37)23(13)39)8-14-15(32(48)51-18-7-3-6-17(38)24(18)40)10-50-33(22(12)14)55-35-30(46)27(43)25(41)20(9-36)53-35/h2-7,10,12,14,19-22,25-30,33-46H,8-9,11H2,1H3/t12-,14+,19-,20-,21-,22+,25+,26+,27-,28-,29-,30-,33-,34+,35-/m0/s1. The SMILES string of the molecule is C[C@@H]1[C@H]2[C@H](O[C@@H]3O[C@@H](CO)[C@@H](O)[C@H](O)[C@@H]3O)OC=C(C(=O)Oc3cccc(O)c3O)[C@H]2C[C@@H]1O[C@@H]1O[C@@H](COC(=O)c2cccc(O)c2O)[C@@H](O)[C@H](O)[C@@H]1O. The van der Waals surface area contributed by atoms with Crippen LogP contribution in [-0.4, -0.2) is 155 Å². The number of phenols is 4. The molecular formula is C35H42O20. The number of fused-ring (bicyclic) bond motifs is 1. The van der Waals surface area contributed by atoms with Crippen LogP contribution in [0.1, 0.15) is 23.7 Å². The first-order valence-corrected chi connectivity index (χ1v) is 17.2. The third-order valence-corrected chi connectivity index (χ3v) is 10.3. The van der Waals surface area contributed by atoms with E-state index < -0.39 is 145 Å². The molecule has 15 atom stereocenters. The van der Waals surface area contributed by atoms with Crippen molar-refractivity contribution in [3.8, 4) is 28.7 Å². The summed E-state index contributed by atoms with van der Waals surface area (Å²) in [6, 6.07) is 7.30. The molecule has 55 heavy (non-hydrogen) atoms. The second-order valence-corrected chi connectivity index (χ2v) is 13.7. The molecule has 3 fully saturated rings. The minimum Gasteiger partial charge on any atom is -0.504 e. The molecule has 6 rings (SSSR count). The Hall–Kier alpha value is -4.32. The Morgan fingerprint density at radius 3 is 2.00 bits per heavy atom. The van der Waals surface area contributed by atoms with Crippen molar-refractivity contribution in [3.63, 3.8) is 0 Å². The van der Waals surface area contributed by atoms with E-state index in [0.29, 0.717) is 0 Å². The van der Waals surface area contributed by atoms with Gasteiger partial charge in [-0.2, -0.15) is 0 Å². The molecular weight excluding hydrogens is 740 g/mol. The number of benzene rings is 2. The zero-order chi connectivity index (χ0) is 39.9. The summed E-state index contributed by atoms with van der Waals surface area (Å²) in [4.78, 5) is 26.2. The van der Waals surface area contributed by atoms with E-state index in [1.165, 1.54) is 30.3 Å². The fourth-order valence-corrected chi connectivity index (χ4v) is 7.16. The van der Waals surface area contributed by atoms with Crippen LogP contribution >= 0.6 is 0 Å². The van der Waals surface area contributed by atoms with Gasteiger partial charge in [-0.25, -0.2) is 9.59 Å². The van der Waals surface area contributed by atoms with E-state index in [2.05, 4.69) is 0 Å². The van der Waals surface area contributed by atoms with E-state index in [9.17, 15) is 65.8 Å². The number of hydrogen-bond acceptors (Lipinski definition) is 20. The van der Waals surface area contributed by atoms with Crippen molar-refractivity contribution >= 4 is 11.9 Å². The highest BCUT2D eigenvalue weighted by Crippen LogP contribution is 2.50. The smallest absolute Gasteiger partial charge is 0.342 e. The van der Waals surface area contributed by atoms with Gasteiger partial charge in [-0.15, -0.1) is 0 Å². The molecule has 2 aromatic rings. The van der Waals surface area contributed by atoms with Gasteiger partial charge in [0.05, 0.1) is 24.5 Å². The van der Waals surface area contributed by atoms with Crippen molar-refractivity contribution in [3.05, 3.63) is 53.8 Å². The number of carbonyl (C=O) groups is 2. The van der Waals surface area contributed by atoms with Gasteiger partial charge in [0.1, 0.15) is 61.0 Å². The van der Waals surface area contributed by atoms with Gasteiger partial charge in [-0.1, -0.05) is 19.1 Å². The minimum absolute atomic E-state index is 0.0433. The highest BCUT2D eigenvalue weighted by Gasteiger charge is 2.56. The fraction of sp³-hybridized carbons (Fsp3) is 0.543. The Labute approximate surface area is 311 Å². The maximum absolute atomic E-state index is 13.5. The van der Waals surface area contributed by atoms with Crippen LogP contribution in [-0.2, 0) is 33.2 Å². The maximum atomic E-state index is 13.5. The summed E-state index contributed by atoms with van der Waals surface area (Å²) in [5.41, 5.74) is -0.495. The van der Waals surface area contributed by atoms with Crippen LogP contribution in [0.25, 0.3) is 0 Å². The molecule has 0 aromatic heterocycles. The predicted molar refractivity (Wildman–Crippen MR) is 176 cm³/mol. The lowest BCUT2D eigenvalue weighted by Gasteiger charge is -2.43. The van der Waals surface area contributed by atoms with Crippen molar-refractivity contribution in [2.24, 2.45) is 17.8 Å². The van der Waals surface area contributed by atoms with Gasteiger partial charge in [-0.3, -0.25) is 0 Å². The van der Waals surface area contributed by atoms with Crippen molar-refractivity contribution in [2.75, 3.05) is 13.2 Å². The van der Waals surface area contributed by atoms with Crippen LogP contribution in [0.15, 0.2) is 48.2 Å². The van der Waals surface area contributed by atoms with Gasteiger partial charge in [0, 0.05) is 11.8 Å². The van der Waals surface area contributed by atoms with Crippen LogP contribution in [0.5, 0.6) is 28.7 Å². The third kappa shape index (κ3) is 7.89.